The molecule has 11 nitrogen and oxygen atoms in total. The van der Waals surface area contributed by atoms with Gasteiger partial charge in [-0.1, -0.05) is 104 Å². The van der Waals surface area contributed by atoms with Crippen LogP contribution in [0.5, 0.6) is 0 Å². The molecule has 0 aliphatic heterocycles. The monoisotopic (exact) mass is 895 g/mol. The summed E-state index contributed by atoms with van der Waals surface area (Å²) in [7, 11) is 1.43. The van der Waals surface area contributed by atoms with E-state index in [1.54, 1.807) is 0 Å². The highest BCUT2D eigenvalue weighted by Crippen LogP contribution is 2.43. The van der Waals surface area contributed by atoms with Crippen molar-refractivity contribution in [1.82, 2.24) is 0 Å². The number of carbonyl (C=O) groups is 2. The number of nitrogens with zero attached hydrogens (tertiary/aromatic N) is 1. The maximum Gasteiger partial charge on any atom is 0.472 e. The number of esters is 2. The molecule has 1 N–H and O–H groups in total. The van der Waals surface area contributed by atoms with E-state index in [-0.39, 0.29) is 32.0 Å². The summed E-state index contributed by atoms with van der Waals surface area (Å²) in [4.78, 5) is 35.7. The van der Waals surface area contributed by atoms with Gasteiger partial charge in [-0.15, -0.1) is 0 Å². The lowest BCUT2D eigenvalue weighted by Gasteiger charge is -2.24. The Morgan fingerprint density at radius 1 is 0.548 bits per heavy atom. The predicted octanol–water partition coefficient (Wildman–Crippen LogP) is 12.9. The van der Waals surface area contributed by atoms with E-state index in [9.17, 15) is 19.0 Å². The topological polar surface area (TPSA) is 135 Å². The number of hydrogen-bond acceptors (Lipinski definition) is 9. The van der Waals surface area contributed by atoms with E-state index in [4.69, 9.17) is 27.4 Å². The molecule has 2 rings (SSSR count). The fourth-order valence-electron chi connectivity index (χ4n) is 7.61. The zero-order valence-corrected chi connectivity index (χ0v) is 41.7. The zero-order chi connectivity index (χ0) is 45.8. The third-order valence-electron chi connectivity index (χ3n) is 12.0. The van der Waals surface area contributed by atoms with Gasteiger partial charge in [0.2, 0.25) is 0 Å². The van der Waals surface area contributed by atoms with Gasteiger partial charge in [-0.25, -0.2) is 4.57 Å². The molecule has 0 aliphatic rings. The summed E-state index contributed by atoms with van der Waals surface area (Å²) >= 11 is 0. The predicted molar refractivity (Wildman–Crippen MR) is 250 cm³/mol. The van der Waals surface area contributed by atoms with Crippen molar-refractivity contribution >= 4 is 19.8 Å². The number of unbranched alkanes of at least 4 members (excludes halogenated alkanes) is 16. The third-order valence-corrected chi connectivity index (χ3v) is 13.0. The highest BCUT2D eigenvalue weighted by molar-refractivity contribution is 7.47. The van der Waals surface area contributed by atoms with Crippen LogP contribution in [-0.2, 0) is 58.4 Å². The molecule has 0 bridgehead atoms. The number of rotatable bonds is 38. The maximum absolute atomic E-state index is 12.8. The van der Waals surface area contributed by atoms with Gasteiger partial charge in [0, 0.05) is 38.5 Å². The molecule has 0 saturated carbocycles. The SMILES string of the molecule is CCCCCc1oc(CCCCCCCCCCC(=O)OCC(COP(=O)(O)OCC[N+](C)(C)C)OC(=O)CCCCCCCCc2oc(CCCCC)c(C)c2C)c(C)c1C. The van der Waals surface area contributed by atoms with Crippen molar-refractivity contribution in [2.75, 3.05) is 47.5 Å². The average Bonchev–Trinajstić information content (AvgIpc) is 3.64. The van der Waals surface area contributed by atoms with Crippen LogP contribution in [0.2, 0.25) is 0 Å². The van der Waals surface area contributed by atoms with Crippen LogP contribution < -0.4 is 0 Å². The number of hydrogen-bond donors (Lipinski definition) is 1. The van der Waals surface area contributed by atoms with Gasteiger partial charge >= 0.3 is 19.8 Å². The highest BCUT2D eigenvalue weighted by atomic mass is 31.2. The normalized spacial score (nSPS) is 13.4. The van der Waals surface area contributed by atoms with Gasteiger partial charge in [-0.05, 0) is 88.5 Å². The van der Waals surface area contributed by atoms with Gasteiger partial charge in [0.25, 0.3) is 0 Å². The first-order valence-electron chi connectivity index (χ1n) is 24.5. The van der Waals surface area contributed by atoms with Gasteiger partial charge in [0.1, 0.15) is 42.8 Å². The van der Waals surface area contributed by atoms with Crippen LogP contribution in [0.15, 0.2) is 8.83 Å². The standard InChI is InChI=1S/C50H88NO10P/c1-10-12-24-30-45-40(3)42(5)47(60-45)32-26-20-16-14-15-17-22-28-34-49(52)56-38-44(39-58-62(54,55)57-37-36-51(7,8)9)59-50(53)35-29-23-19-18-21-27-33-48-43(6)41(4)46(61-48)31-25-13-11-2/h44H,10-39H2,1-9H3/p+1. The number of aryl methyl sites for hydroxylation is 4. The van der Waals surface area contributed by atoms with Crippen molar-refractivity contribution < 1.29 is 50.9 Å². The second-order valence-corrected chi connectivity index (χ2v) is 20.1. The summed E-state index contributed by atoms with van der Waals surface area (Å²) in [6.45, 7) is 13.0. The van der Waals surface area contributed by atoms with Crippen LogP contribution in [-0.4, -0.2) is 74.9 Å². The molecule has 2 aromatic rings. The molecule has 0 spiro atoms. The second-order valence-electron chi connectivity index (χ2n) is 18.7. The summed E-state index contributed by atoms with van der Waals surface area (Å²) < 4.78 is 47.0. The van der Waals surface area contributed by atoms with Crippen molar-refractivity contribution in [3.8, 4) is 0 Å². The molecule has 0 fully saturated rings. The number of furan rings is 2. The third kappa shape index (κ3) is 24.6. The number of ether oxygens (including phenoxy) is 2. The van der Waals surface area contributed by atoms with Gasteiger partial charge in [-0.3, -0.25) is 18.6 Å². The Balaban J connectivity index is 1.67. The Bertz CT molecular complexity index is 1570. The van der Waals surface area contributed by atoms with E-state index in [2.05, 4.69) is 41.5 Å². The van der Waals surface area contributed by atoms with Crippen LogP contribution in [0.4, 0.5) is 0 Å². The molecule has 2 aromatic heterocycles. The lowest BCUT2D eigenvalue weighted by molar-refractivity contribution is -0.870. The minimum atomic E-state index is -4.40. The molecular weight excluding hydrogens is 806 g/mol. The fourth-order valence-corrected chi connectivity index (χ4v) is 8.35. The minimum Gasteiger partial charge on any atom is -0.466 e. The molecule has 0 aliphatic carbocycles. The number of likely N-dealkylation sites (N-methyl/N-ethyl adjacent to an activating group) is 1. The van der Waals surface area contributed by atoms with Crippen LogP contribution >= 0.6 is 7.82 Å². The van der Waals surface area contributed by atoms with E-state index in [0.717, 1.165) is 101 Å². The first-order chi connectivity index (χ1) is 29.6. The zero-order valence-electron chi connectivity index (χ0n) is 40.8. The molecule has 358 valence electrons. The molecule has 0 amide bonds. The lowest BCUT2D eigenvalue weighted by atomic mass is 10.0. The molecule has 0 radical (unpaired) electrons. The summed E-state index contributed by atoms with van der Waals surface area (Å²) in [5, 5.41) is 0. The van der Waals surface area contributed by atoms with E-state index >= 15 is 0 Å². The first kappa shape index (κ1) is 55.7. The summed E-state index contributed by atoms with van der Waals surface area (Å²) in [6.07, 6.45) is 25.1. The van der Waals surface area contributed by atoms with Crippen molar-refractivity contribution in [2.24, 2.45) is 0 Å². The van der Waals surface area contributed by atoms with E-state index < -0.39 is 26.5 Å². The Hall–Kier alpha value is -2.43. The lowest BCUT2D eigenvalue weighted by Crippen LogP contribution is -2.37. The van der Waals surface area contributed by atoms with Gasteiger partial charge in [0.15, 0.2) is 6.10 Å². The minimum absolute atomic E-state index is 0.0180. The number of carbonyl (C=O) groups excluding carboxylic acids is 2. The molecule has 12 heteroatoms. The Kier molecular flexibility index (Phi) is 28.3. The van der Waals surface area contributed by atoms with Crippen LogP contribution in [0.1, 0.15) is 200 Å². The second kappa shape index (κ2) is 31.4. The maximum atomic E-state index is 12.8. The van der Waals surface area contributed by atoms with Crippen molar-refractivity contribution in [3.05, 3.63) is 45.3 Å². The van der Waals surface area contributed by atoms with Crippen LogP contribution in [0.25, 0.3) is 0 Å². The van der Waals surface area contributed by atoms with E-state index in [1.165, 1.54) is 85.8 Å². The Labute approximate surface area is 376 Å². The quantitative estimate of drug-likeness (QED) is 0.0300. The Morgan fingerprint density at radius 3 is 1.32 bits per heavy atom. The Morgan fingerprint density at radius 2 is 0.919 bits per heavy atom. The number of phosphoric acid groups is 1. The van der Waals surface area contributed by atoms with Crippen molar-refractivity contribution in [1.29, 1.82) is 0 Å². The van der Waals surface area contributed by atoms with Crippen molar-refractivity contribution in [3.63, 3.8) is 0 Å². The number of phosphoric ester groups is 1. The fraction of sp³-hybridized carbons (Fsp3) is 0.800. The average molecular weight is 895 g/mol. The molecule has 2 unspecified atom stereocenters. The van der Waals surface area contributed by atoms with Crippen molar-refractivity contribution in [2.45, 2.75) is 215 Å². The van der Waals surface area contributed by atoms with E-state index in [0.29, 0.717) is 23.9 Å². The summed E-state index contributed by atoms with van der Waals surface area (Å²) in [5.74, 6) is 3.77. The smallest absolute Gasteiger partial charge is 0.466 e. The van der Waals surface area contributed by atoms with Crippen LogP contribution in [0.3, 0.4) is 0 Å². The van der Waals surface area contributed by atoms with Gasteiger partial charge in [-0.2, -0.15) is 0 Å². The van der Waals surface area contributed by atoms with E-state index in [1.807, 2.05) is 21.1 Å². The first-order valence-corrected chi connectivity index (χ1v) is 26.0. The van der Waals surface area contributed by atoms with Gasteiger partial charge in [0.05, 0.1) is 27.7 Å². The molecule has 62 heavy (non-hydrogen) atoms. The largest absolute Gasteiger partial charge is 0.472 e. The molecular formula is C50H89NO10P+. The number of quaternary nitrogens is 1. The van der Waals surface area contributed by atoms with Crippen LogP contribution in [0, 0.1) is 27.7 Å². The molecule has 0 aromatic carbocycles. The molecule has 2 atom stereocenters. The summed E-state index contributed by atoms with van der Waals surface area (Å²) in [6, 6.07) is 0. The van der Waals surface area contributed by atoms with Gasteiger partial charge < -0.3 is 27.7 Å². The molecule has 0 saturated heterocycles. The summed E-state index contributed by atoms with van der Waals surface area (Å²) in [5.41, 5.74) is 5.26. The highest BCUT2D eigenvalue weighted by Gasteiger charge is 2.27. The molecule has 2 heterocycles.